The van der Waals surface area contributed by atoms with Crippen LogP contribution in [0, 0.1) is 5.92 Å². The topological polar surface area (TPSA) is 83.5 Å². The van der Waals surface area contributed by atoms with Crippen LogP contribution in [0.3, 0.4) is 0 Å². The van der Waals surface area contributed by atoms with Crippen LogP contribution in [-0.4, -0.2) is 65.4 Å². The summed E-state index contributed by atoms with van der Waals surface area (Å²) < 4.78 is 25.5. The third-order valence-corrected chi connectivity index (χ3v) is 8.18. The number of pyridine rings is 2. The van der Waals surface area contributed by atoms with Gasteiger partial charge in [-0.25, -0.2) is 12.7 Å². The van der Waals surface area contributed by atoms with E-state index in [4.69, 9.17) is 0 Å². The van der Waals surface area contributed by atoms with E-state index < -0.39 is 10.0 Å². The van der Waals surface area contributed by atoms with Gasteiger partial charge in [0, 0.05) is 61.5 Å². The fourth-order valence-corrected chi connectivity index (χ4v) is 5.55. The van der Waals surface area contributed by atoms with Crippen molar-refractivity contribution in [2.24, 2.45) is 5.92 Å². The Hall–Kier alpha value is -2.06. The highest BCUT2D eigenvalue weighted by atomic mass is 32.2. The van der Waals surface area contributed by atoms with Gasteiger partial charge in [-0.1, -0.05) is 0 Å². The second kappa shape index (κ2) is 8.36. The van der Waals surface area contributed by atoms with Crippen LogP contribution in [0.5, 0.6) is 0 Å². The monoisotopic (exact) mass is 416 g/mol. The summed E-state index contributed by atoms with van der Waals surface area (Å²) in [6, 6.07) is 5.99. The predicted molar refractivity (Wildman–Crippen MR) is 112 cm³/mol. The van der Waals surface area contributed by atoms with E-state index in [1.807, 2.05) is 23.2 Å². The van der Waals surface area contributed by atoms with Crippen molar-refractivity contribution < 1.29 is 13.2 Å². The average molecular weight is 417 g/mol. The average Bonchev–Trinajstić information content (AvgIpc) is 2.78. The summed E-state index contributed by atoms with van der Waals surface area (Å²) in [5.74, 6) is 0.599. The van der Waals surface area contributed by atoms with Crippen LogP contribution in [-0.2, 0) is 14.8 Å². The van der Waals surface area contributed by atoms with Crippen LogP contribution in [0.4, 0.5) is 0 Å². The smallest absolute Gasteiger partial charge is 0.225 e. The Bertz CT molecular complexity index is 978. The summed E-state index contributed by atoms with van der Waals surface area (Å²) in [5, 5.41) is 1.04. The van der Waals surface area contributed by atoms with Crippen LogP contribution >= 0.6 is 0 Å². The lowest BCUT2D eigenvalue weighted by molar-refractivity contribution is -0.137. The van der Waals surface area contributed by atoms with E-state index in [-0.39, 0.29) is 17.6 Å². The maximum atomic E-state index is 12.9. The highest BCUT2D eigenvalue weighted by Gasteiger charge is 2.34. The Labute approximate surface area is 172 Å². The van der Waals surface area contributed by atoms with Crippen LogP contribution in [0.1, 0.15) is 44.2 Å². The summed E-state index contributed by atoms with van der Waals surface area (Å²) in [5.41, 5.74) is 2.02. The highest BCUT2D eigenvalue weighted by Crippen LogP contribution is 2.30. The molecule has 0 bridgehead atoms. The van der Waals surface area contributed by atoms with Crippen molar-refractivity contribution in [1.82, 2.24) is 19.2 Å². The van der Waals surface area contributed by atoms with Gasteiger partial charge >= 0.3 is 0 Å². The quantitative estimate of drug-likeness (QED) is 0.764. The molecule has 1 amide bonds. The first-order valence-corrected chi connectivity index (χ1v) is 12.1. The third kappa shape index (κ3) is 4.28. The van der Waals surface area contributed by atoms with Crippen molar-refractivity contribution in [3.63, 3.8) is 0 Å². The van der Waals surface area contributed by atoms with Crippen molar-refractivity contribution in [2.45, 2.75) is 38.5 Å². The van der Waals surface area contributed by atoms with Crippen molar-refractivity contribution in [2.75, 3.05) is 31.9 Å². The lowest BCUT2D eigenvalue weighted by Gasteiger charge is -2.36. The molecule has 8 heteroatoms. The Kier molecular flexibility index (Phi) is 5.83. The molecule has 0 aromatic carbocycles. The van der Waals surface area contributed by atoms with Gasteiger partial charge in [0.2, 0.25) is 15.9 Å². The highest BCUT2D eigenvalue weighted by molar-refractivity contribution is 7.89. The Morgan fingerprint density at radius 3 is 2.52 bits per heavy atom. The molecule has 0 radical (unpaired) electrons. The summed E-state index contributed by atoms with van der Waals surface area (Å²) in [7, 11) is -3.15. The number of carbonyl (C=O) groups excluding carboxylic acids is 1. The van der Waals surface area contributed by atoms with E-state index in [9.17, 15) is 13.2 Å². The molecule has 156 valence electrons. The minimum Gasteiger partial charge on any atom is -0.342 e. The minimum absolute atomic E-state index is 0.0575. The Morgan fingerprint density at radius 1 is 1.10 bits per heavy atom. The Balaban J connectivity index is 1.33. The molecule has 0 N–H and O–H groups in total. The number of hydrogen-bond acceptors (Lipinski definition) is 5. The molecule has 4 rings (SSSR count). The molecule has 2 aliphatic rings. The number of piperidine rings is 2. The van der Waals surface area contributed by atoms with Crippen molar-refractivity contribution >= 4 is 26.8 Å². The number of rotatable bonds is 4. The Morgan fingerprint density at radius 2 is 1.83 bits per heavy atom. The molecule has 0 spiro atoms. The molecule has 0 saturated carbocycles. The molecule has 2 saturated heterocycles. The second-order valence-corrected chi connectivity index (χ2v) is 10.2. The maximum Gasteiger partial charge on any atom is 0.225 e. The zero-order valence-electron chi connectivity index (χ0n) is 16.8. The van der Waals surface area contributed by atoms with Gasteiger partial charge in [-0.2, -0.15) is 0 Å². The molecule has 0 atom stereocenters. The molecule has 2 fully saturated rings. The fraction of sp³-hybridized carbons (Fsp3) is 0.571. The summed E-state index contributed by atoms with van der Waals surface area (Å²) in [4.78, 5) is 23.9. The van der Waals surface area contributed by atoms with Gasteiger partial charge in [-0.3, -0.25) is 14.8 Å². The minimum atomic E-state index is -3.15. The number of fused-ring (bicyclic) bond motifs is 1. The molecule has 0 unspecified atom stereocenters. The molecule has 7 nitrogen and oxygen atoms in total. The largest absolute Gasteiger partial charge is 0.342 e. The van der Waals surface area contributed by atoms with E-state index in [1.165, 1.54) is 4.31 Å². The molecular weight excluding hydrogens is 388 g/mol. The standard InChI is InChI=1S/C21H28N4O3S/c1-2-29(27,28)25-12-7-17(8-13-25)21(26)24-10-5-16(6-11-24)19-14-20-18(15-23-19)4-3-9-22-20/h3-4,9,14-17H,2,5-8,10-13H2,1H3. The van der Waals surface area contributed by atoms with Gasteiger partial charge in [-0.05, 0) is 50.8 Å². The number of nitrogens with zero attached hydrogens (tertiary/aromatic N) is 4. The van der Waals surface area contributed by atoms with Crippen LogP contribution < -0.4 is 0 Å². The van der Waals surface area contributed by atoms with Gasteiger partial charge in [0.25, 0.3) is 0 Å². The number of sulfonamides is 1. The number of likely N-dealkylation sites (tertiary alicyclic amines) is 1. The number of hydrogen-bond donors (Lipinski definition) is 0. The van der Waals surface area contributed by atoms with E-state index in [2.05, 4.69) is 16.0 Å². The normalized spacial score (nSPS) is 20.2. The van der Waals surface area contributed by atoms with Gasteiger partial charge in [0.05, 0.1) is 11.3 Å². The van der Waals surface area contributed by atoms with E-state index in [1.54, 1.807) is 13.1 Å². The number of aromatic nitrogens is 2. The maximum absolute atomic E-state index is 12.9. The first-order valence-electron chi connectivity index (χ1n) is 10.4. The first kappa shape index (κ1) is 20.2. The van der Waals surface area contributed by atoms with Crippen molar-refractivity contribution in [1.29, 1.82) is 0 Å². The van der Waals surface area contributed by atoms with Gasteiger partial charge < -0.3 is 4.90 Å². The summed E-state index contributed by atoms with van der Waals surface area (Å²) in [6.07, 6.45) is 6.73. The lowest BCUT2D eigenvalue weighted by Crippen LogP contribution is -2.46. The molecule has 29 heavy (non-hydrogen) atoms. The summed E-state index contributed by atoms with van der Waals surface area (Å²) in [6.45, 7) is 4.04. The molecule has 0 aliphatic carbocycles. The van der Waals surface area contributed by atoms with Gasteiger partial charge in [0.15, 0.2) is 0 Å². The van der Waals surface area contributed by atoms with Gasteiger partial charge in [-0.15, -0.1) is 0 Å². The van der Waals surface area contributed by atoms with E-state index in [0.29, 0.717) is 31.8 Å². The van der Waals surface area contributed by atoms with E-state index >= 15 is 0 Å². The van der Waals surface area contributed by atoms with Crippen LogP contribution in [0.25, 0.3) is 10.9 Å². The zero-order valence-corrected chi connectivity index (χ0v) is 17.6. The second-order valence-electron chi connectivity index (χ2n) is 7.98. The SMILES string of the molecule is CCS(=O)(=O)N1CCC(C(=O)N2CCC(c3cc4ncccc4cn3)CC2)CC1. The summed E-state index contributed by atoms with van der Waals surface area (Å²) >= 11 is 0. The fourth-order valence-electron chi connectivity index (χ4n) is 4.42. The molecule has 4 heterocycles. The number of amides is 1. The van der Waals surface area contributed by atoms with Crippen molar-refractivity contribution in [3.8, 4) is 0 Å². The zero-order chi connectivity index (χ0) is 20.4. The first-order chi connectivity index (χ1) is 14.0. The third-order valence-electron chi connectivity index (χ3n) is 6.29. The molecule has 2 aliphatic heterocycles. The van der Waals surface area contributed by atoms with Gasteiger partial charge in [0.1, 0.15) is 0 Å². The molecular formula is C21H28N4O3S. The van der Waals surface area contributed by atoms with Crippen LogP contribution in [0.15, 0.2) is 30.6 Å². The predicted octanol–water partition coefficient (Wildman–Crippen LogP) is 2.40. The number of carbonyl (C=O) groups is 1. The van der Waals surface area contributed by atoms with Crippen molar-refractivity contribution in [3.05, 3.63) is 36.3 Å². The molecule has 2 aromatic heterocycles. The lowest BCUT2D eigenvalue weighted by atomic mass is 9.90. The van der Waals surface area contributed by atoms with E-state index in [0.717, 1.165) is 42.5 Å². The van der Waals surface area contributed by atoms with Crippen LogP contribution in [0.2, 0.25) is 0 Å². The molecule has 2 aromatic rings.